The number of rotatable bonds is 11. The number of halogens is 2. The molecular weight excluding hydrogens is 575 g/mol. The van der Waals surface area contributed by atoms with E-state index in [0.29, 0.717) is 23.6 Å². The maximum Gasteiger partial charge on any atom is 0.204 e. The summed E-state index contributed by atoms with van der Waals surface area (Å²) in [6, 6.07) is 14.4. The van der Waals surface area contributed by atoms with E-state index >= 15 is 0 Å². The van der Waals surface area contributed by atoms with Gasteiger partial charge in [0.05, 0.1) is 18.5 Å². The number of hydrogen-bond acceptors (Lipinski definition) is 6. The molecule has 1 fully saturated rings. The van der Waals surface area contributed by atoms with Crippen molar-refractivity contribution >= 4 is 25.4 Å². The number of aldehydes is 1. The lowest BCUT2D eigenvalue weighted by Gasteiger charge is -2.16. The molecular formula is C35H51BF2N3O4. The molecule has 1 aliphatic rings. The average molecular weight is 627 g/mol. The van der Waals surface area contributed by atoms with Crippen molar-refractivity contribution in [1.29, 1.82) is 0 Å². The summed E-state index contributed by atoms with van der Waals surface area (Å²) in [5, 5.41) is 3.13. The Hall–Kier alpha value is -3.63. The molecule has 1 saturated carbocycles. The van der Waals surface area contributed by atoms with Gasteiger partial charge in [-0.3, -0.25) is 19.0 Å². The first-order valence-electron chi connectivity index (χ1n) is 15.3. The molecule has 7 nitrogen and oxygen atoms in total. The first-order valence-corrected chi connectivity index (χ1v) is 15.3. The lowest BCUT2D eigenvalue weighted by atomic mass is 9.64. The molecule has 3 N–H and O–H groups in total. The van der Waals surface area contributed by atoms with Crippen molar-refractivity contribution in [3.05, 3.63) is 76.7 Å². The number of ether oxygens (including phenoxy) is 2. The van der Waals surface area contributed by atoms with E-state index in [-0.39, 0.29) is 18.1 Å². The molecule has 45 heavy (non-hydrogen) atoms. The Labute approximate surface area is 269 Å². The van der Waals surface area contributed by atoms with Crippen LogP contribution in [0.15, 0.2) is 48.5 Å². The number of amides is 1. The summed E-state index contributed by atoms with van der Waals surface area (Å²) in [4.78, 5) is 23.7. The highest BCUT2D eigenvalue weighted by molar-refractivity contribution is 6.56. The molecule has 0 bridgehead atoms. The lowest BCUT2D eigenvalue weighted by Crippen LogP contribution is -2.24. The third-order valence-corrected chi connectivity index (χ3v) is 6.14. The quantitative estimate of drug-likeness (QED) is 0.193. The summed E-state index contributed by atoms with van der Waals surface area (Å²) in [7, 11) is 7.05. The minimum Gasteiger partial charge on any atom is -0.490 e. The standard InChI is InChI=1S/C20H26BF2N2.C10H10O2.C2H6O.C2H6.CH3NO/c1-13(2)17-12-15(5-6-18(17)23)20-19(21-8-9-22)14(3)11-16(25-20)7-10-24-4;11-7-8-1-3-9(4-2-8)12-10-5-6-10;1-3-2;1-2;2-1-3/h5-6,11-13,24H,7-10H2,1-4H3;1-4,7,10H,5-6H2;1-2H3;1-2H3;1H,(H2,2,3). The molecule has 2 aromatic carbocycles. The van der Waals surface area contributed by atoms with Gasteiger partial charge in [0.25, 0.3) is 0 Å². The van der Waals surface area contributed by atoms with E-state index in [1.54, 1.807) is 32.4 Å². The number of benzene rings is 2. The van der Waals surface area contributed by atoms with Crippen LogP contribution in [0.25, 0.3) is 11.3 Å². The van der Waals surface area contributed by atoms with Gasteiger partial charge in [0, 0.05) is 44.0 Å². The van der Waals surface area contributed by atoms with Gasteiger partial charge in [0.15, 0.2) is 7.28 Å². The van der Waals surface area contributed by atoms with Crippen molar-refractivity contribution in [3.8, 4) is 17.0 Å². The first kappa shape index (κ1) is 41.4. The van der Waals surface area contributed by atoms with Crippen LogP contribution >= 0.6 is 0 Å². The minimum absolute atomic E-state index is 0.0896. The number of aromatic nitrogens is 1. The maximum absolute atomic E-state index is 14.1. The molecule has 0 aliphatic heterocycles. The number of likely N-dealkylation sites (N-methyl/N-ethyl adjacent to an activating group) is 1. The predicted molar refractivity (Wildman–Crippen MR) is 182 cm³/mol. The predicted octanol–water partition coefficient (Wildman–Crippen LogP) is 6.23. The fourth-order valence-electron chi connectivity index (χ4n) is 3.95. The maximum atomic E-state index is 14.1. The Morgan fingerprint density at radius 2 is 1.69 bits per heavy atom. The van der Waals surface area contributed by atoms with Crippen molar-refractivity contribution in [3.63, 3.8) is 0 Å². The van der Waals surface area contributed by atoms with Crippen LogP contribution in [-0.4, -0.2) is 65.6 Å². The van der Waals surface area contributed by atoms with E-state index < -0.39 is 6.67 Å². The largest absolute Gasteiger partial charge is 0.490 e. The van der Waals surface area contributed by atoms with E-state index in [0.717, 1.165) is 65.8 Å². The first-order chi connectivity index (χ1) is 21.7. The highest BCUT2D eigenvalue weighted by Crippen LogP contribution is 2.27. The Kier molecular flexibility index (Phi) is 22.7. The third-order valence-electron chi connectivity index (χ3n) is 6.14. The van der Waals surface area contributed by atoms with Crippen LogP contribution in [-0.2, 0) is 16.0 Å². The number of nitrogens with one attached hydrogen (secondary N) is 1. The van der Waals surface area contributed by atoms with Gasteiger partial charge in [-0.2, -0.15) is 0 Å². The van der Waals surface area contributed by atoms with Gasteiger partial charge in [-0.15, -0.1) is 0 Å². The summed E-state index contributed by atoms with van der Waals surface area (Å²) in [6.07, 6.45) is 4.99. The van der Waals surface area contributed by atoms with Gasteiger partial charge in [-0.25, -0.2) is 4.39 Å². The van der Waals surface area contributed by atoms with Crippen LogP contribution in [0.2, 0.25) is 6.32 Å². The van der Waals surface area contributed by atoms with E-state index in [1.807, 2.05) is 67.1 Å². The number of hydrogen-bond donors (Lipinski definition) is 2. The number of aryl methyl sites for hydroxylation is 1. The zero-order chi connectivity index (χ0) is 34.2. The van der Waals surface area contributed by atoms with E-state index in [9.17, 15) is 13.6 Å². The highest BCUT2D eigenvalue weighted by Gasteiger charge is 2.23. The Bertz CT molecular complexity index is 1240. The lowest BCUT2D eigenvalue weighted by molar-refractivity contribution is -0.106. The molecule has 3 aromatic rings. The zero-order valence-corrected chi connectivity index (χ0v) is 28.2. The Morgan fingerprint density at radius 1 is 1.09 bits per heavy atom. The number of nitrogens with zero attached hydrogens (tertiary/aromatic N) is 1. The van der Waals surface area contributed by atoms with Crippen LogP contribution in [0.3, 0.4) is 0 Å². The summed E-state index contributed by atoms with van der Waals surface area (Å²) in [5.74, 6) is 0.756. The Morgan fingerprint density at radius 3 is 2.18 bits per heavy atom. The second-order valence-corrected chi connectivity index (χ2v) is 10.2. The third kappa shape index (κ3) is 16.3. The van der Waals surface area contributed by atoms with Crippen molar-refractivity contribution in [2.45, 2.75) is 72.2 Å². The van der Waals surface area contributed by atoms with E-state index in [1.165, 1.54) is 6.07 Å². The zero-order valence-electron chi connectivity index (χ0n) is 28.2. The number of pyridine rings is 1. The molecule has 0 atom stereocenters. The molecule has 0 saturated heterocycles. The molecule has 0 spiro atoms. The molecule has 0 unspecified atom stereocenters. The second kappa shape index (κ2) is 24.7. The van der Waals surface area contributed by atoms with Crippen molar-refractivity contribution in [2.24, 2.45) is 5.73 Å². The van der Waals surface area contributed by atoms with Crippen LogP contribution in [0, 0.1) is 12.7 Å². The van der Waals surface area contributed by atoms with Crippen LogP contribution < -0.4 is 21.3 Å². The van der Waals surface area contributed by atoms with Crippen molar-refractivity contribution < 1.29 is 27.8 Å². The second-order valence-electron chi connectivity index (χ2n) is 10.2. The fraction of sp³-hybridized carbons (Fsp3) is 0.457. The van der Waals surface area contributed by atoms with E-state index in [4.69, 9.17) is 14.5 Å². The van der Waals surface area contributed by atoms with Gasteiger partial charge >= 0.3 is 0 Å². The summed E-state index contributed by atoms with van der Waals surface area (Å²) >= 11 is 0. The summed E-state index contributed by atoms with van der Waals surface area (Å²) < 4.78 is 36.5. The summed E-state index contributed by atoms with van der Waals surface area (Å²) in [6.45, 7) is 10.4. The molecule has 1 radical (unpaired) electrons. The minimum atomic E-state index is -0.402. The smallest absolute Gasteiger partial charge is 0.204 e. The van der Waals surface area contributed by atoms with Crippen LogP contribution in [0.1, 0.15) is 73.6 Å². The monoisotopic (exact) mass is 626 g/mol. The average Bonchev–Trinajstić information content (AvgIpc) is 3.86. The fourth-order valence-corrected chi connectivity index (χ4v) is 3.95. The van der Waals surface area contributed by atoms with Gasteiger partial charge in [0.2, 0.25) is 6.41 Å². The molecule has 247 valence electrons. The molecule has 1 aromatic heterocycles. The van der Waals surface area contributed by atoms with Crippen molar-refractivity contribution in [1.82, 2.24) is 10.3 Å². The number of methoxy groups -OCH3 is 1. The molecule has 1 amide bonds. The van der Waals surface area contributed by atoms with Crippen LogP contribution in [0.4, 0.5) is 8.78 Å². The number of carbonyl (C=O) groups excluding carboxylic acids is 2. The number of primary amides is 1. The van der Waals surface area contributed by atoms with Gasteiger partial charge < -0.3 is 20.5 Å². The van der Waals surface area contributed by atoms with Gasteiger partial charge in [-0.05, 0) is 93.1 Å². The van der Waals surface area contributed by atoms with Crippen LogP contribution in [0.5, 0.6) is 5.75 Å². The molecule has 10 heteroatoms. The van der Waals surface area contributed by atoms with E-state index in [2.05, 4.69) is 21.9 Å². The Balaban J connectivity index is 0.000000797. The van der Waals surface area contributed by atoms with Crippen molar-refractivity contribution in [2.75, 3.05) is 34.5 Å². The molecule has 4 rings (SSSR count). The molecule has 1 aliphatic carbocycles. The number of carbonyl (C=O) groups is 2. The number of nitrogens with two attached hydrogens (primary N) is 1. The highest BCUT2D eigenvalue weighted by atomic mass is 19.1. The normalized spacial score (nSPS) is 11.2. The number of alkyl halides is 1. The van der Waals surface area contributed by atoms with Gasteiger partial charge in [-0.1, -0.05) is 38.7 Å². The topological polar surface area (TPSA) is 104 Å². The summed E-state index contributed by atoms with van der Waals surface area (Å²) in [5.41, 5.74) is 10.2. The SMILES string of the molecule is CC.CNCCc1cc(C)c([B]CCF)c(-c2ccc(F)c(C(C)C)c2)n1.COC.NC=O.O=Cc1ccc(OC2CC2)cc1. The van der Waals surface area contributed by atoms with Gasteiger partial charge in [0.1, 0.15) is 17.9 Å². The molecule has 1 heterocycles.